The zero-order chi connectivity index (χ0) is 12.1. The summed E-state index contributed by atoms with van der Waals surface area (Å²) in [6.07, 6.45) is 0.347. The van der Waals surface area contributed by atoms with Crippen LogP contribution in [0.4, 0.5) is 5.69 Å². The van der Waals surface area contributed by atoms with Gasteiger partial charge >= 0.3 is 0 Å². The molecule has 1 rings (SSSR count). The van der Waals surface area contributed by atoms with E-state index in [1.165, 1.54) is 0 Å². The fourth-order valence-corrected chi connectivity index (χ4v) is 1.83. The molecule has 0 fully saturated rings. The third kappa shape index (κ3) is 2.96. The molecule has 1 aromatic rings. The van der Waals surface area contributed by atoms with Gasteiger partial charge in [-0.25, -0.2) is 0 Å². The van der Waals surface area contributed by atoms with Crippen LogP contribution in [0.3, 0.4) is 0 Å². The van der Waals surface area contributed by atoms with Gasteiger partial charge in [-0.2, -0.15) is 0 Å². The van der Waals surface area contributed by atoms with Crippen LogP contribution in [0.5, 0.6) is 5.75 Å². The first-order chi connectivity index (χ1) is 7.60. The van der Waals surface area contributed by atoms with E-state index < -0.39 is 0 Å². The fourth-order valence-electron chi connectivity index (χ4n) is 1.30. The SMILES string of the molecule is COc1ccc(N(C)C(=O)CCN)cc1Br. The van der Waals surface area contributed by atoms with E-state index in [-0.39, 0.29) is 5.91 Å². The summed E-state index contributed by atoms with van der Waals surface area (Å²) in [6, 6.07) is 5.48. The minimum atomic E-state index is -0.000401. The summed E-state index contributed by atoms with van der Waals surface area (Å²) in [5.74, 6) is 0.739. The molecule has 0 radical (unpaired) electrons. The molecule has 16 heavy (non-hydrogen) atoms. The first-order valence-corrected chi connectivity index (χ1v) is 5.69. The van der Waals surface area contributed by atoms with Crippen molar-refractivity contribution in [3.05, 3.63) is 22.7 Å². The summed E-state index contributed by atoms with van der Waals surface area (Å²) in [5.41, 5.74) is 6.16. The molecule has 2 N–H and O–H groups in total. The predicted molar refractivity (Wildman–Crippen MR) is 67.8 cm³/mol. The molecular weight excluding hydrogens is 272 g/mol. The van der Waals surface area contributed by atoms with Crippen LogP contribution in [0.15, 0.2) is 22.7 Å². The summed E-state index contributed by atoms with van der Waals surface area (Å²) < 4.78 is 5.94. The van der Waals surface area contributed by atoms with E-state index in [0.717, 1.165) is 15.9 Å². The Balaban J connectivity index is 2.88. The van der Waals surface area contributed by atoms with E-state index in [1.807, 2.05) is 18.2 Å². The highest BCUT2D eigenvalue weighted by Gasteiger charge is 2.11. The number of ether oxygens (including phenoxy) is 1. The van der Waals surface area contributed by atoms with Crippen molar-refractivity contribution in [1.82, 2.24) is 0 Å². The van der Waals surface area contributed by atoms with Crippen LogP contribution >= 0.6 is 15.9 Å². The highest BCUT2D eigenvalue weighted by Crippen LogP contribution is 2.29. The van der Waals surface area contributed by atoms with E-state index >= 15 is 0 Å². The molecule has 0 bridgehead atoms. The van der Waals surface area contributed by atoms with Gasteiger partial charge < -0.3 is 15.4 Å². The van der Waals surface area contributed by atoms with E-state index in [1.54, 1.807) is 19.1 Å². The summed E-state index contributed by atoms with van der Waals surface area (Å²) in [5, 5.41) is 0. The fraction of sp³-hybridized carbons (Fsp3) is 0.364. The lowest BCUT2D eigenvalue weighted by molar-refractivity contribution is -0.118. The van der Waals surface area contributed by atoms with Crippen molar-refractivity contribution in [2.45, 2.75) is 6.42 Å². The first kappa shape index (κ1) is 13.0. The number of carbonyl (C=O) groups excluding carboxylic acids is 1. The second kappa shape index (κ2) is 5.86. The van der Waals surface area contributed by atoms with Crippen LogP contribution in [-0.4, -0.2) is 26.6 Å². The quantitative estimate of drug-likeness (QED) is 0.918. The number of carbonyl (C=O) groups is 1. The molecule has 0 saturated carbocycles. The highest BCUT2D eigenvalue weighted by molar-refractivity contribution is 9.10. The molecule has 0 spiro atoms. The number of rotatable bonds is 4. The standard InChI is InChI=1S/C11H15BrN2O2/c1-14(11(15)5-6-13)8-3-4-10(16-2)9(12)7-8/h3-4,7H,5-6,13H2,1-2H3. The molecule has 0 aliphatic rings. The van der Waals surface area contributed by atoms with Crippen molar-refractivity contribution in [1.29, 1.82) is 0 Å². The van der Waals surface area contributed by atoms with Crippen LogP contribution in [0.25, 0.3) is 0 Å². The van der Waals surface area contributed by atoms with Crippen molar-refractivity contribution in [3.63, 3.8) is 0 Å². The summed E-state index contributed by atoms with van der Waals surface area (Å²) in [7, 11) is 3.33. The topological polar surface area (TPSA) is 55.6 Å². The molecule has 0 aromatic heterocycles. The second-order valence-corrected chi connectivity index (χ2v) is 4.16. The number of nitrogens with zero attached hydrogens (tertiary/aromatic N) is 1. The van der Waals surface area contributed by atoms with E-state index in [9.17, 15) is 4.79 Å². The molecule has 4 nitrogen and oxygen atoms in total. The molecule has 88 valence electrons. The second-order valence-electron chi connectivity index (χ2n) is 3.31. The number of benzene rings is 1. The number of halogens is 1. The molecule has 1 aromatic carbocycles. The van der Waals surface area contributed by atoms with Crippen LogP contribution in [-0.2, 0) is 4.79 Å². The zero-order valence-corrected chi connectivity index (χ0v) is 11.0. The number of amides is 1. The maximum Gasteiger partial charge on any atom is 0.227 e. The third-order valence-electron chi connectivity index (χ3n) is 2.25. The number of hydrogen-bond donors (Lipinski definition) is 1. The average Bonchev–Trinajstić information content (AvgIpc) is 2.28. The monoisotopic (exact) mass is 286 g/mol. The van der Waals surface area contributed by atoms with Crippen molar-refractivity contribution < 1.29 is 9.53 Å². The Bertz CT molecular complexity index is 382. The maximum atomic E-state index is 11.6. The maximum absolute atomic E-state index is 11.6. The summed E-state index contributed by atoms with van der Waals surface area (Å²) in [4.78, 5) is 13.2. The van der Waals surface area contributed by atoms with Crippen molar-refractivity contribution in [2.75, 3.05) is 25.6 Å². The van der Waals surface area contributed by atoms with Gasteiger partial charge in [-0.1, -0.05) is 0 Å². The first-order valence-electron chi connectivity index (χ1n) is 4.90. The minimum absolute atomic E-state index is 0.000401. The van der Waals surface area contributed by atoms with Gasteiger partial charge in [0, 0.05) is 25.7 Å². The Kier molecular flexibility index (Phi) is 4.76. The Morgan fingerprint density at radius 3 is 2.75 bits per heavy atom. The van der Waals surface area contributed by atoms with E-state index in [0.29, 0.717) is 13.0 Å². The van der Waals surface area contributed by atoms with Gasteiger partial charge in [0.1, 0.15) is 5.75 Å². The van der Waals surface area contributed by atoms with Crippen LogP contribution in [0.2, 0.25) is 0 Å². The summed E-state index contributed by atoms with van der Waals surface area (Å²) >= 11 is 3.38. The molecule has 0 heterocycles. The van der Waals surface area contributed by atoms with Gasteiger partial charge in [0.15, 0.2) is 0 Å². The molecule has 0 atom stereocenters. The van der Waals surface area contributed by atoms with Gasteiger partial charge in [-0.3, -0.25) is 4.79 Å². The van der Waals surface area contributed by atoms with E-state index in [2.05, 4.69) is 15.9 Å². The molecule has 0 aliphatic heterocycles. The summed E-state index contributed by atoms with van der Waals surface area (Å²) in [6.45, 7) is 0.362. The lowest BCUT2D eigenvalue weighted by atomic mass is 10.2. The molecule has 5 heteroatoms. The van der Waals surface area contributed by atoms with Crippen molar-refractivity contribution in [2.24, 2.45) is 5.73 Å². The van der Waals surface area contributed by atoms with Gasteiger partial charge in [0.2, 0.25) is 5.91 Å². The number of nitrogens with two attached hydrogens (primary N) is 1. The Morgan fingerprint density at radius 1 is 1.56 bits per heavy atom. The van der Waals surface area contributed by atoms with Crippen LogP contribution in [0, 0.1) is 0 Å². The number of methoxy groups -OCH3 is 1. The van der Waals surface area contributed by atoms with Crippen molar-refractivity contribution in [3.8, 4) is 5.75 Å². The highest BCUT2D eigenvalue weighted by atomic mass is 79.9. The molecule has 0 unspecified atom stereocenters. The third-order valence-corrected chi connectivity index (χ3v) is 2.87. The normalized spacial score (nSPS) is 10.0. The number of anilines is 1. The Hall–Kier alpha value is -1.07. The lowest BCUT2D eigenvalue weighted by Gasteiger charge is -2.18. The molecule has 1 amide bonds. The Morgan fingerprint density at radius 2 is 2.25 bits per heavy atom. The van der Waals surface area contributed by atoms with Gasteiger partial charge in [-0.15, -0.1) is 0 Å². The van der Waals surface area contributed by atoms with Gasteiger partial charge in [-0.05, 0) is 34.1 Å². The van der Waals surface area contributed by atoms with Crippen LogP contribution in [0.1, 0.15) is 6.42 Å². The van der Waals surface area contributed by atoms with Crippen molar-refractivity contribution >= 4 is 27.5 Å². The minimum Gasteiger partial charge on any atom is -0.496 e. The lowest BCUT2D eigenvalue weighted by Crippen LogP contribution is -2.28. The predicted octanol–water partition coefficient (Wildman–Crippen LogP) is 1.77. The van der Waals surface area contributed by atoms with E-state index in [4.69, 9.17) is 10.5 Å². The molecule has 0 saturated heterocycles. The smallest absolute Gasteiger partial charge is 0.227 e. The largest absolute Gasteiger partial charge is 0.496 e. The molecular formula is C11H15BrN2O2. The zero-order valence-electron chi connectivity index (χ0n) is 9.37. The average molecular weight is 287 g/mol. The number of hydrogen-bond acceptors (Lipinski definition) is 3. The van der Waals surface area contributed by atoms with Crippen LogP contribution < -0.4 is 15.4 Å². The van der Waals surface area contributed by atoms with Gasteiger partial charge in [0.25, 0.3) is 0 Å². The Labute approximate surface area is 103 Å². The van der Waals surface area contributed by atoms with Gasteiger partial charge in [0.05, 0.1) is 11.6 Å². The molecule has 0 aliphatic carbocycles.